The lowest BCUT2D eigenvalue weighted by Gasteiger charge is -2.42. The Kier molecular flexibility index (Phi) is 34.9. The largest absolute Gasteiger partial charge is 0.460 e. The van der Waals surface area contributed by atoms with Gasteiger partial charge in [0.2, 0.25) is 17.6 Å². The van der Waals surface area contributed by atoms with Crippen molar-refractivity contribution in [2.24, 2.45) is 35.5 Å². The Morgan fingerprint density at radius 1 is 0.773 bits per heavy atom. The van der Waals surface area contributed by atoms with E-state index in [0.29, 0.717) is 183 Å². The van der Waals surface area contributed by atoms with E-state index in [-0.39, 0.29) is 98.7 Å². The van der Waals surface area contributed by atoms with Gasteiger partial charge in [0.15, 0.2) is 17.0 Å². The first-order valence-electron chi connectivity index (χ1n) is 46.3. The summed E-state index contributed by atoms with van der Waals surface area (Å²) in [5.74, 6) is -8.41. The molecule has 6 aromatic heterocycles. The number of oxazole rings is 1. The van der Waals surface area contributed by atoms with Gasteiger partial charge in [0.05, 0.1) is 106 Å². The van der Waals surface area contributed by atoms with Gasteiger partial charge in [0.25, 0.3) is 17.7 Å². The molecule has 9 N–H and O–H groups in total. The summed E-state index contributed by atoms with van der Waals surface area (Å²) in [6, 6.07) is 11.9. The third-order valence-corrected chi connectivity index (χ3v) is 26.4. The number of aryl methyl sites for hydroxylation is 1. The topological polar surface area (TPSA) is 479 Å². The summed E-state index contributed by atoms with van der Waals surface area (Å²) in [4.78, 5) is 113. The normalized spacial score (nSPS) is 27.4. The summed E-state index contributed by atoms with van der Waals surface area (Å²) in [6.45, 7) is 18.1. The van der Waals surface area contributed by atoms with Gasteiger partial charge in [-0.25, -0.2) is 38.8 Å². The van der Waals surface area contributed by atoms with Crippen LogP contribution in [-0.2, 0) is 81.6 Å². The molecule has 132 heavy (non-hydrogen) atoms. The minimum atomic E-state index is -2.49. The Morgan fingerprint density at radius 3 is 2.33 bits per heavy atom. The Bertz CT molecular complexity index is 5340. The molecule has 10 heterocycles. The van der Waals surface area contributed by atoms with Crippen LogP contribution in [-0.4, -0.2) is 278 Å². The quantitative estimate of drug-likeness (QED) is 0.00959. The van der Waals surface area contributed by atoms with Crippen molar-refractivity contribution in [3.8, 4) is 33.6 Å². The van der Waals surface area contributed by atoms with Gasteiger partial charge in [-0.15, -0.1) is 10.2 Å². The zero-order valence-corrected chi connectivity index (χ0v) is 77.1. The molecule has 16 atom stereocenters. The maximum Gasteiger partial charge on any atom is 0.329 e. The number of aliphatic hydroxyl groups excluding tert-OH is 3. The van der Waals surface area contributed by atoms with Gasteiger partial charge in [0.1, 0.15) is 53.5 Å². The molecule has 1 saturated carbocycles. The van der Waals surface area contributed by atoms with Gasteiger partial charge < -0.3 is 84.6 Å². The minimum absolute atomic E-state index is 0.00886. The summed E-state index contributed by atoms with van der Waals surface area (Å²) >= 11 is 0. The number of fused-ring (bicyclic) bond motifs is 5. The SMILES string of the molecule is COC1C[C@@H]2CC[C@@H](C)[C@@](O)(O2)C(=O)C(=O)N2CCCC[C@H]2C(=O)OC(C(C)CC2CC[C@H](n3nncc3-c3cccc(-c4cnc(N5CCN(Cc6cn(CCOCCOCCOCCC(=O)NCCCCn7nc(-c8ccc9oc(N)nc9c8)c8c(N)ncnc87)nn6)C(CO)C5)nc4)c3)[C@H](OC)C2)CC(=O)C(C)/C=C(\C)C(O)[C@@H](O)C(=O)C(C)CC(C)/C=C/C=C/C=C/1C. The first kappa shape index (κ1) is 98.7. The van der Waals surface area contributed by atoms with Crippen molar-refractivity contribution in [2.75, 3.05) is 110 Å². The van der Waals surface area contributed by atoms with Gasteiger partial charge in [-0.2, -0.15) is 10.1 Å². The average molecular weight is 1830 g/mol. The molecule has 2 amide bonds. The smallest absolute Gasteiger partial charge is 0.329 e. The van der Waals surface area contributed by atoms with Gasteiger partial charge in [0, 0.05) is 132 Å². The van der Waals surface area contributed by atoms with Crippen LogP contribution < -0.4 is 21.7 Å². The molecule has 8 aromatic rings. The lowest BCUT2D eigenvalue weighted by molar-refractivity contribution is -0.265. The van der Waals surface area contributed by atoms with Gasteiger partial charge in [-0.1, -0.05) is 99.7 Å². The summed E-state index contributed by atoms with van der Waals surface area (Å²) in [6.07, 6.45) is 20.2. The number of esters is 1. The number of nitrogen functional groups attached to an aromatic ring is 2. The highest BCUT2D eigenvalue weighted by Gasteiger charge is 2.53. The zero-order valence-electron chi connectivity index (χ0n) is 77.1. The van der Waals surface area contributed by atoms with Crippen molar-refractivity contribution >= 4 is 75.0 Å². The Balaban J connectivity index is 0.554. The molecule has 0 radical (unpaired) electrons. The van der Waals surface area contributed by atoms with Gasteiger partial charge >= 0.3 is 5.97 Å². The predicted molar refractivity (Wildman–Crippen MR) is 490 cm³/mol. The van der Waals surface area contributed by atoms with Crippen molar-refractivity contribution in [3.05, 3.63) is 127 Å². The number of allylic oxidation sites excluding steroid dienone is 6. The van der Waals surface area contributed by atoms with Crippen LogP contribution in [0.3, 0.4) is 0 Å². The molecule has 0 spiro atoms. The van der Waals surface area contributed by atoms with E-state index in [1.54, 1.807) is 75.9 Å². The van der Waals surface area contributed by atoms with Crippen LogP contribution in [0, 0.1) is 35.5 Å². The Hall–Kier alpha value is -10.8. The fraction of sp³-hybridized carbons (Fsp3) is 0.579. The monoisotopic (exact) mass is 1820 g/mol. The number of nitrogens with zero attached hydrogens (tertiary/aromatic N) is 16. The van der Waals surface area contributed by atoms with E-state index in [2.05, 4.69) is 56.8 Å². The molecular weight excluding hydrogens is 1700 g/mol. The van der Waals surface area contributed by atoms with Crippen LogP contribution in [0.5, 0.6) is 0 Å². The molecule has 2 bridgehead atoms. The summed E-state index contributed by atoms with van der Waals surface area (Å²) in [7, 11) is 3.23. The van der Waals surface area contributed by atoms with Crippen molar-refractivity contribution in [1.82, 2.24) is 79.8 Å². The second-order valence-electron chi connectivity index (χ2n) is 35.9. The van der Waals surface area contributed by atoms with E-state index < -0.39 is 89.5 Å². The molecule has 5 aliphatic rings. The first-order valence-corrected chi connectivity index (χ1v) is 46.3. The van der Waals surface area contributed by atoms with Crippen LogP contribution in [0.1, 0.15) is 157 Å². The van der Waals surface area contributed by atoms with Crippen LogP contribution >= 0.6 is 0 Å². The number of rotatable bonds is 30. The third-order valence-electron chi connectivity index (χ3n) is 26.4. The highest BCUT2D eigenvalue weighted by atomic mass is 16.6. The fourth-order valence-corrected chi connectivity index (χ4v) is 18.6. The Morgan fingerprint density at radius 2 is 1.55 bits per heavy atom. The number of unbranched alkanes of at least 4 members (excludes halogenated alkanes) is 1. The number of carbonyl (C=O) groups excluding carboxylic acids is 6. The highest BCUT2D eigenvalue weighted by Crippen LogP contribution is 2.43. The minimum Gasteiger partial charge on any atom is -0.460 e. The van der Waals surface area contributed by atoms with E-state index in [0.717, 1.165) is 45.6 Å². The highest BCUT2D eigenvalue weighted by molar-refractivity contribution is 6.39. The number of anilines is 3. The number of ether oxygens (including phenoxy) is 7. The van der Waals surface area contributed by atoms with E-state index in [1.165, 1.54) is 17.3 Å². The van der Waals surface area contributed by atoms with E-state index >= 15 is 0 Å². The third kappa shape index (κ3) is 25.0. The van der Waals surface area contributed by atoms with Crippen molar-refractivity contribution in [1.29, 1.82) is 0 Å². The number of aromatic nitrogens is 13. The molecular formula is C95H129N19O18. The van der Waals surface area contributed by atoms with Crippen LogP contribution in [0.15, 0.2) is 126 Å². The number of amides is 2. The van der Waals surface area contributed by atoms with E-state index in [1.807, 2.05) is 92.4 Å². The Labute approximate surface area is 768 Å². The number of methoxy groups -OCH3 is 2. The first-order chi connectivity index (χ1) is 63.7. The number of hydrogen-bond donors (Lipinski definition) is 7. The number of nitrogens with two attached hydrogens (primary N) is 2. The van der Waals surface area contributed by atoms with Crippen molar-refractivity contribution in [3.63, 3.8) is 0 Å². The number of Topliss-reactive ketones (excluding diaryl/α,β-unsaturated/α-hetero) is 3. The summed E-state index contributed by atoms with van der Waals surface area (Å²) in [5, 5.41) is 71.9. The lowest BCUT2D eigenvalue weighted by Crippen LogP contribution is -2.61. The van der Waals surface area contributed by atoms with Crippen molar-refractivity contribution in [2.45, 2.75) is 225 Å². The second-order valence-corrected chi connectivity index (χ2v) is 35.9. The standard InChI is InChI=1S/C95H129N19O18/c1-58-18-11-10-12-19-59(2)79(125-8)48-72-26-23-64(7)95(124,132-72)88(121)91(122)112-31-15-13-22-75(112)92(123)130-80(49-77(116)60(3)43-63(6)86(119)87(120)85(118)62(5)42-58)61(4)44-65-24-27-74(81(45-65)126-9)114-76(52-103-107-114)67-21-17-20-66(46-67)69-50-99-94(100-51-69)110-34-33-109(71(55-110)56-115)53-70-54-111(108-105-70)35-37-128-39-41-129-40-38-127-36-29-82(117)98-30-14-16-32-113-90-83(89(96)101-57-102-90)84(106-113)68-25-28-78-73(47-68)104-93(97)131-78/h10-12,17-21,25,28,43,46-47,50-52,54,57-58,60-62,64-65,71-72,74-75,79-81,86-87,115,119-120,124H,13-16,22-24,26-27,29-42,44-45,48-49,53,55-56H2,1-9H3,(H2,97,104)(H,98,117)(H2,96,101,102)/b12-10+,18-11+,59-19+,63-43+/t58?,60?,61?,62?,64-,65?,71?,72+,74+,75+,79?,80?,81-,86?,87+,95-/m1/s1. The second kappa shape index (κ2) is 46.7. The predicted octanol–water partition coefficient (Wildman–Crippen LogP) is 8.55. The summed E-state index contributed by atoms with van der Waals surface area (Å²) < 4.78 is 53.0. The number of piperazine rings is 1. The number of carbonyl (C=O) groups is 6. The van der Waals surface area contributed by atoms with Crippen LogP contribution in [0.4, 0.5) is 17.8 Å². The zero-order chi connectivity index (χ0) is 93.7. The summed E-state index contributed by atoms with van der Waals surface area (Å²) in [5.41, 5.74) is 20.4. The van der Waals surface area contributed by atoms with Gasteiger partial charge in [-0.05, 0) is 150 Å². The van der Waals surface area contributed by atoms with E-state index in [4.69, 9.17) is 64.1 Å². The molecule has 37 heteroatoms. The molecule has 712 valence electrons. The molecule has 2 aromatic carbocycles. The molecule has 13 rings (SSSR count). The fourth-order valence-electron chi connectivity index (χ4n) is 18.6. The number of ketones is 3. The molecule has 1 aliphatic carbocycles. The molecule has 4 fully saturated rings. The van der Waals surface area contributed by atoms with Crippen LogP contribution in [0.2, 0.25) is 0 Å². The molecule has 9 unspecified atom stereocenters. The molecule has 3 saturated heterocycles. The van der Waals surface area contributed by atoms with Gasteiger partial charge in [-0.3, -0.25) is 28.9 Å². The number of cyclic esters (lactones) is 1. The number of piperidine rings is 1. The maximum atomic E-state index is 14.9. The number of aliphatic hydroxyl groups is 4. The number of benzene rings is 2. The number of hydrogen-bond acceptors (Lipinski definition) is 32. The molecule has 4 aliphatic heterocycles. The van der Waals surface area contributed by atoms with Crippen molar-refractivity contribution < 1.29 is 86.8 Å². The average Bonchev–Trinajstić information content (AvgIpc) is 1.46. The van der Waals surface area contributed by atoms with E-state index in [9.17, 15) is 49.2 Å². The van der Waals surface area contributed by atoms with Crippen LogP contribution in [0.25, 0.3) is 55.8 Å². The maximum absolute atomic E-state index is 14.9. The lowest BCUT2D eigenvalue weighted by atomic mass is 9.77. The number of nitrogens with one attached hydrogen (secondary N) is 1. The molecule has 37 nitrogen and oxygen atoms in total.